The van der Waals surface area contributed by atoms with Crippen molar-refractivity contribution in [2.45, 2.75) is 39.2 Å². The highest BCUT2D eigenvalue weighted by Crippen LogP contribution is 1.95. The summed E-state index contributed by atoms with van der Waals surface area (Å²) in [6.45, 7) is 5.39. The Kier molecular flexibility index (Phi) is 7.81. The Bertz CT molecular complexity index is 124. The molecule has 0 saturated carbocycles. The van der Waals surface area contributed by atoms with E-state index in [1.165, 1.54) is 12.8 Å². The molecule has 0 bridgehead atoms. The SMILES string of the molecule is CCC(CC)NCCCS(C)=O. The van der Waals surface area contributed by atoms with Crippen molar-refractivity contribution in [3.63, 3.8) is 0 Å². The molecule has 74 valence electrons. The highest BCUT2D eigenvalue weighted by Gasteiger charge is 2.00. The highest BCUT2D eigenvalue weighted by atomic mass is 32.2. The summed E-state index contributed by atoms with van der Waals surface area (Å²) in [6, 6.07) is 0.648. The minimum Gasteiger partial charge on any atom is -0.314 e. The van der Waals surface area contributed by atoms with E-state index < -0.39 is 10.8 Å². The summed E-state index contributed by atoms with van der Waals surface area (Å²) in [4.78, 5) is 0. The lowest BCUT2D eigenvalue weighted by atomic mass is 10.2. The number of nitrogens with one attached hydrogen (secondary N) is 1. The third kappa shape index (κ3) is 6.80. The maximum absolute atomic E-state index is 10.7. The van der Waals surface area contributed by atoms with E-state index in [4.69, 9.17) is 0 Å². The van der Waals surface area contributed by atoms with Crippen LogP contribution in [0, 0.1) is 0 Å². The molecule has 12 heavy (non-hydrogen) atoms. The zero-order valence-corrected chi connectivity index (χ0v) is 9.25. The van der Waals surface area contributed by atoms with Crippen LogP contribution >= 0.6 is 0 Å². The lowest BCUT2D eigenvalue weighted by Gasteiger charge is -2.13. The van der Waals surface area contributed by atoms with Crippen LogP contribution in [0.2, 0.25) is 0 Å². The highest BCUT2D eigenvalue weighted by molar-refractivity contribution is 7.84. The molecule has 0 aromatic rings. The van der Waals surface area contributed by atoms with E-state index in [1.807, 2.05) is 0 Å². The molecule has 0 aliphatic heterocycles. The fourth-order valence-electron chi connectivity index (χ4n) is 1.16. The van der Waals surface area contributed by atoms with Crippen molar-refractivity contribution in [3.05, 3.63) is 0 Å². The molecule has 0 rings (SSSR count). The topological polar surface area (TPSA) is 29.1 Å². The van der Waals surface area contributed by atoms with E-state index in [0.717, 1.165) is 18.7 Å². The summed E-state index contributed by atoms with van der Waals surface area (Å²) in [5.41, 5.74) is 0. The van der Waals surface area contributed by atoms with Crippen molar-refractivity contribution in [2.24, 2.45) is 0 Å². The van der Waals surface area contributed by atoms with Crippen LogP contribution in [0.1, 0.15) is 33.1 Å². The van der Waals surface area contributed by atoms with Crippen molar-refractivity contribution in [1.82, 2.24) is 5.32 Å². The van der Waals surface area contributed by atoms with Crippen LogP contribution in [0.15, 0.2) is 0 Å². The Balaban J connectivity index is 3.23. The van der Waals surface area contributed by atoms with Gasteiger partial charge in [-0.1, -0.05) is 13.8 Å². The molecular weight excluding hydrogens is 170 g/mol. The molecule has 1 atom stereocenters. The normalized spacial score (nSPS) is 13.7. The Morgan fingerprint density at radius 3 is 2.33 bits per heavy atom. The zero-order valence-electron chi connectivity index (χ0n) is 8.43. The maximum Gasteiger partial charge on any atom is 0.0244 e. The third-order valence-corrected chi connectivity index (χ3v) is 2.89. The summed E-state index contributed by atoms with van der Waals surface area (Å²) < 4.78 is 10.7. The van der Waals surface area contributed by atoms with E-state index >= 15 is 0 Å². The summed E-state index contributed by atoms with van der Waals surface area (Å²) in [5.74, 6) is 0.827. The number of rotatable bonds is 7. The number of hydrogen-bond acceptors (Lipinski definition) is 2. The first kappa shape index (κ1) is 12.1. The third-order valence-electron chi connectivity index (χ3n) is 2.03. The van der Waals surface area contributed by atoms with Crippen LogP contribution in [-0.2, 0) is 10.8 Å². The predicted octanol–water partition coefficient (Wildman–Crippen LogP) is 1.53. The Morgan fingerprint density at radius 1 is 1.33 bits per heavy atom. The minimum atomic E-state index is -0.624. The first-order chi connectivity index (χ1) is 5.70. The van der Waals surface area contributed by atoms with E-state index in [0.29, 0.717) is 6.04 Å². The van der Waals surface area contributed by atoms with Crippen LogP contribution in [0.3, 0.4) is 0 Å². The first-order valence-electron chi connectivity index (χ1n) is 4.74. The van der Waals surface area contributed by atoms with Gasteiger partial charge in [0.1, 0.15) is 0 Å². The van der Waals surface area contributed by atoms with Crippen LogP contribution in [0.5, 0.6) is 0 Å². The second-order valence-electron chi connectivity index (χ2n) is 3.10. The zero-order chi connectivity index (χ0) is 9.40. The molecular formula is C9H21NOS. The molecule has 0 amide bonds. The van der Waals surface area contributed by atoms with Crippen LogP contribution in [0.4, 0.5) is 0 Å². The summed E-state index contributed by atoms with van der Waals surface area (Å²) in [7, 11) is -0.624. The predicted molar refractivity (Wildman–Crippen MR) is 55.9 cm³/mol. The van der Waals surface area contributed by atoms with Crippen LogP contribution < -0.4 is 5.32 Å². The Hall–Kier alpha value is 0.110. The second kappa shape index (κ2) is 7.74. The van der Waals surface area contributed by atoms with Gasteiger partial charge in [-0.3, -0.25) is 4.21 Å². The fraction of sp³-hybridized carbons (Fsp3) is 1.00. The summed E-state index contributed by atoms with van der Waals surface area (Å²) in [6.07, 6.45) is 5.16. The summed E-state index contributed by atoms with van der Waals surface area (Å²) >= 11 is 0. The van der Waals surface area contributed by atoms with Gasteiger partial charge in [0.25, 0.3) is 0 Å². The molecule has 0 heterocycles. The molecule has 2 nitrogen and oxygen atoms in total. The van der Waals surface area contributed by atoms with Gasteiger partial charge >= 0.3 is 0 Å². The smallest absolute Gasteiger partial charge is 0.0244 e. The second-order valence-corrected chi connectivity index (χ2v) is 4.65. The Labute approximate surface area is 78.6 Å². The molecule has 0 aliphatic rings. The average Bonchev–Trinajstić information content (AvgIpc) is 2.04. The van der Waals surface area contributed by atoms with Crippen molar-refractivity contribution in [1.29, 1.82) is 0 Å². The van der Waals surface area contributed by atoms with Crippen LogP contribution in [0.25, 0.3) is 0 Å². The van der Waals surface area contributed by atoms with Gasteiger partial charge in [0.15, 0.2) is 0 Å². The van der Waals surface area contributed by atoms with Crippen molar-refractivity contribution in [3.8, 4) is 0 Å². The Morgan fingerprint density at radius 2 is 1.92 bits per heavy atom. The first-order valence-corrected chi connectivity index (χ1v) is 6.46. The van der Waals surface area contributed by atoms with Gasteiger partial charge in [-0.15, -0.1) is 0 Å². The van der Waals surface area contributed by atoms with Gasteiger partial charge in [0.05, 0.1) is 0 Å². The molecule has 1 N–H and O–H groups in total. The largest absolute Gasteiger partial charge is 0.314 e. The molecule has 0 aromatic carbocycles. The average molecular weight is 191 g/mol. The number of hydrogen-bond donors (Lipinski definition) is 1. The quantitative estimate of drug-likeness (QED) is 0.618. The molecule has 3 heteroatoms. The molecule has 0 fully saturated rings. The van der Waals surface area contributed by atoms with Crippen LogP contribution in [-0.4, -0.2) is 28.8 Å². The van der Waals surface area contributed by atoms with Gasteiger partial charge in [-0.05, 0) is 25.8 Å². The van der Waals surface area contributed by atoms with E-state index in [-0.39, 0.29) is 0 Å². The fourth-order valence-corrected chi connectivity index (χ4v) is 1.71. The van der Waals surface area contributed by atoms with Crippen molar-refractivity contribution >= 4 is 10.8 Å². The minimum absolute atomic E-state index is 0.624. The molecule has 0 aliphatic carbocycles. The van der Waals surface area contributed by atoms with E-state index in [2.05, 4.69) is 19.2 Å². The van der Waals surface area contributed by atoms with Gasteiger partial charge in [0.2, 0.25) is 0 Å². The molecule has 0 aromatic heterocycles. The molecule has 0 radical (unpaired) electrons. The van der Waals surface area contributed by atoms with Gasteiger partial charge in [0, 0.05) is 28.9 Å². The van der Waals surface area contributed by atoms with Gasteiger partial charge < -0.3 is 5.32 Å². The van der Waals surface area contributed by atoms with E-state index in [1.54, 1.807) is 6.26 Å². The lowest BCUT2D eigenvalue weighted by Crippen LogP contribution is -2.29. The summed E-state index contributed by atoms with van der Waals surface area (Å²) in [5, 5.41) is 3.44. The molecule has 0 spiro atoms. The lowest BCUT2D eigenvalue weighted by molar-refractivity contribution is 0.485. The van der Waals surface area contributed by atoms with E-state index in [9.17, 15) is 4.21 Å². The monoisotopic (exact) mass is 191 g/mol. The van der Waals surface area contributed by atoms with Crippen molar-refractivity contribution in [2.75, 3.05) is 18.6 Å². The standard InChI is InChI=1S/C9H21NOS/c1-4-9(5-2)10-7-6-8-12(3)11/h9-10H,4-8H2,1-3H3. The molecule has 0 saturated heterocycles. The van der Waals surface area contributed by atoms with Gasteiger partial charge in [-0.2, -0.15) is 0 Å². The van der Waals surface area contributed by atoms with Crippen molar-refractivity contribution < 1.29 is 4.21 Å². The maximum atomic E-state index is 10.7. The molecule has 1 unspecified atom stereocenters. The van der Waals surface area contributed by atoms with Gasteiger partial charge in [-0.25, -0.2) is 0 Å².